The van der Waals surface area contributed by atoms with Gasteiger partial charge in [0.2, 0.25) is 0 Å². The molecule has 0 aromatic heterocycles. The monoisotopic (exact) mass is 163 g/mol. The highest BCUT2D eigenvalue weighted by Crippen LogP contribution is 2.34. The summed E-state index contributed by atoms with van der Waals surface area (Å²) < 4.78 is 28.2. The highest BCUT2D eigenvalue weighted by molar-refractivity contribution is 7.85. The van der Waals surface area contributed by atoms with Crippen LogP contribution in [0.2, 0.25) is 0 Å². The van der Waals surface area contributed by atoms with Crippen molar-refractivity contribution in [2.75, 3.05) is 6.61 Å². The molecule has 1 atom stereocenters. The first-order valence-electron chi connectivity index (χ1n) is 3.34. The normalized spacial score (nSPS) is 38.2. The minimum absolute atomic E-state index is 0.0602. The summed E-state index contributed by atoms with van der Waals surface area (Å²) >= 11 is 0. The van der Waals surface area contributed by atoms with Gasteiger partial charge in [-0.2, -0.15) is 13.1 Å². The Kier molecular flexibility index (Phi) is 1.27. The molecule has 10 heavy (non-hydrogen) atoms. The Hall–Kier alpha value is -0.130. The molecule has 4 nitrogen and oxygen atoms in total. The van der Waals surface area contributed by atoms with Crippen LogP contribution in [0.25, 0.3) is 0 Å². The van der Waals surface area contributed by atoms with Crippen molar-refractivity contribution >= 4 is 10.3 Å². The van der Waals surface area contributed by atoms with E-state index in [-0.39, 0.29) is 6.04 Å². The molecule has 2 fully saturated rings. The molecule has 0 aromatic rings. The van der Waals surface area contributed by atoms with Crippen molar-refractivity contribution in [2.24, 2.45) is 5.92 Å². The summed E-state index contributed by atoms with van der Waals surface area (Å²) in [6, 6.07) is 0.0602. The molecular weight excluding hydrogens is 154 g/mol. The predicted molar refractivity (Wildman–Crippen MR) is 34.5 cm³/mol. The number of rotatable bonds is 1. The van der Waals surface area contributed by atoms with Gasteiger partial charge in [0.15, 0.2) is 0 Å². The van der Waals surface area contributed by atoms with Crippen LogP contribution in [0.5, 0.6) is 0 Å². The van der Waals surface area contributed by atoms with Crippen LogP contribution in [-0.4, -0.2) is 21.1 Å². The van der Waals surface area contributed by atoms with Gasteiger partial charge in [-0.25, -0.2) is 0 Å². The maximum atomic E-state index is 10.6. The second-order valence-electron chi connectivity index (χ2n) is 2.80. The second kappa shape index (κ2) is 1.93. The lowest BCUT2D eigenvalue weighted by atomic mass is 10.2. The summed E-state index contributed by atoms with van der Waals surface area (Å²) in [5, 5.41) is 0. The van der Waals surface area contributed by atoms with Gasteiger partial charge < -0.3 is 0 Å². The fraction of sp³-hybridized carbons (Fsp3) is 1.00. The maximum absolute atomic E-state index is 10.6. The Morgan fingerprint density at radius 3 is 2.50 bits per heavy atom. The van der Waals surface area contributed by atoms with Crippen LogP contribution in [0.4, 0.5) is 0 Å². The Balaban J connectivity index is 2.05. The summed E-state index contributed by atoms with van der Waals surface area (Å²) in [6.07, 6.45) is 2.27. The molecule has 0 spiro atoms. The van der Waals surface area contributed by atoms with Crippen molar-refractivity contribution in [1.29, 1.82) is 0 Å². The average Bonchev–Trinajstić information content (AvgIpc) is 2.59. The molecule has 58 valence electrons. The smallest absolute Gasteiger partial charge is 0.256 e. The van der Waals surface area contributed by atoms with E-state index in [0.29, 0.717) is 12.5 Å². The van der Waals surface area contributed by atoms with Crippen LogP contribution in [0.1, 0.15) is 12.8 Å². The summed E-state index contributed by atoms with van der Waals surface area (Å²) in [4.78, 5) is 0. The van der Waals surface area contributed by atoms with Crippen molar-refractivity contribution in [2.45, 2.75) is 18.9 Å². The van der Waals surface area contributed by atoms with Gasteiger partial charge in [-0.1, -0.05) is 0 Å². The van der Waals surface area contributed by atoms with Crippen LogP contribution in [0.15, 0.2) is 0 Å². The van der Waals surface area contributed by atoms with Gasteiger partial charge in [0.05, 0.1) is 12.6 Å². The van der Waals surface area contributed by atoms with Crippen molar-refractivity contribution in [3.63, 3.8) is 0 Å². The van der Waals surface area contributed by atoms with Crippen LogP contribution in [-0.2, 0) is 14.5 Å². The van der Waals surface area contributed by atoms with E-state index < -0.39 is 10.3 Å². The molecule has 1 aliphatic carbocycles. The Labute approximate surface area is 59.8 Å². The van der Waals surface area contributed by atoms with Gasteiger partial charge in [-0.3, -0.25) is 4.18 Å². The average molecular weight is 163 g/mol. The SMILES string of the molecule is O=S1(=O)NC(C2CC2)CO1. The first kappa shape index (κ1) is 6.57. The fourth-order valence-electron chi connectivity index (χ4n) is 1.15. The lowest BCUT2D eigenvalue weighted by molar-refractivity contribution is 0.326. The number of hydrogen-bond donors (Lipinski definition) is 1. The third kappa shape index (κ3) is 1.16. The molecule has 1 saturated heterocycles. The van der Waals surface area contributed by atoms with E-state index in [9.17, 15) is 8.42 Å². The highest BCUT2D eigenvalue weighted by atomic mass is 32.2. The van der Waals surface area contributed by atoms with E-state index in [1.165, 1.54) is 0 Å². The number of hydrogen-bond acceptors (Lipinski definition) is 3. The first-order valence-corrected chi connectivity index (χ1v) is 4.75. The minimum atomic E-state index is -3.35. The summed E-state index contributed by atoms with van der Waals surface area (Å²) in [6.45, 7) is 0.326. The zero-order chi connectivity index (χ0) is 7.19. The summed E-state index contributed by atoms with van der Waals surface area (Å²) in [5.74, 6) is 0.539. The van der Waals surface area contributed by atoms with Crippen LogP contribution in [0.3, 0.4) is 0 Å². The molecular formula is C5H9NO3S. The van der Waals surface area contributed by atoms with E-state index in [1.807, 2.05) is 0 Å². The molecule has 2 rings (SSSR count). The molecule has 5 heteroatoms. The molecule has 1 N–H and O–H groups in total. The molecule has 0 bridgehead atoms. The van der Waals surface area contributed by atoms with E-state index >= 15 is 0 Å². The minimum Gasteiger partial charge on any atom is -0.256 e. The van der Waals surface area contributed by atoms with Crippen molar-refractivity contribution in [3.05, 3.63) is 0 Å². The van der Waals surface area contributed by atoms with Gasteiger partial charge >= 0.3 is 10.3 Å². The molecule has 0 aromatic carbocycles. The van der Waals surface area contributed by atoms with E-state index in [0.717, 1.165) is 12.8 Å². The van der Waals surface area contributed by atoms with Crippen molar-refractivity contribution < 1.29 is 12.6 Å². The molecule has 1 aliphatic heterocycles. The highest BCUT2D eigenvalue weighted by Gasteiger charge is 2.39. The van der Waals surface area contributed by atoms with E-state index in [2.05, 4.69) is 8.91 Å². The van der Waals surface area contributed by atoms with Gasteiger partial charge in [0, 0.05) is 0 Å². The van der Waals surface area contributed by atoms with Crippen molar-refractivity contribution in [1.82, 2.24) is 4.72 Å². The molecule has 0 amide bonds. The second-order valence-corrected chi connectivity index (χ2v) is 4.18. The third-order valence-corrected chi connectivity index (χ3v) is 2.93. The standard InChI is InChI=1S/C5H9NO3S/c7-10(8)6-5(3-9-10)4-1-2-4/h4-6H,1-3H2. The van der Waals surface area contributed by atoms with Gasteiger partial charge in [-0.15, -0.1) is 0 Å². The zero-order valence-corrected chi connectivity index (χ0v) is 6.23. The van der Waals surface area contributed by atoms with Gasteiger partial charge in [-0.05, 0) is 18.8 Å². The third-order valence-electron chi connectivity index (χ3n) is 1.89. The largest absolute Gasteiger partial charge is 0.336 e. The predicted octanol–water partition coefficient (Wildman–Crippen LogP) is -0.370. The Morgan fingerprint density at radius 2 is 2.10 bits per heavy atom. The molecule has 1 unspecified atom stereocenters. The lowest BCUT2D eigenvalue weighted by Crippen LogP contribution is -2.28. The molecule has 0 radical (unpaired) electrons. The quantitative estimate of drug-likeness (QED) is 0.573. The van der Waals surface area contributed by atoms with Crippen LogP contribution < -0.4 is 4.72 Å². The summed E-state index contributed by atoms with van der Waals surface area (Å²) in [5.41, 5.74) is 0. The summed E-state index contributed by atoms with van der Waals surface area (Å²) in [7, 11) is -3.35. The fourth-order valence-corrected chi connectivity index (χ4v) is 2.17. The van der Waals surface area contributed by atoms with Gasteiger partial charge in [0.1, 0.15) is 0 Å². The first-order chi connectivity index (χ1) is 4.67. The van der Waals surface area contributed by atoms with E-state index in [4.69, 9.17) is 0 Å². The number of nitrogens with one attached hydrogen (secondary N) is 1. The van der Waals surface area contributed by atoms with Crippen LogP contribution >= 0.6 is 0 Å². The maximum Gasteiger partial charge on any atom is 0.336 e. The molecule has 1 heterocycles. The Morgan fingerprint density at radius 1 is 1.40 bits per heavy atom. The lowest BCUT2D eigenvalue weighted by Gasteiger charge is -2.00. The topological polar surface area (TPSA) is 55.4 Å². The molecule has 2 aliphatic rings. The molecule has 1 saturated carbocycles. The van der Waals surface area contributed by atoms with E-state index in [1.54, 1.807) is 0 Å². The van der Waals surface area contributed by atoms with Crippen LogP contribution in [0, 0.1) is 5.92 Å². The van der Waals surface area contributed by atoms with Crippen molar-refractivity contribution in [3.8, 4) is 0 Å². The Bertz CT molecular complexity index is 231. The van der Waals surface area contributed by atoms with Gasteiger partial charge in [0.25, 0.3) is 0 Å². The zero-order valence-electron chi connectivity index (χ0n) is 5.41.